The van der Waals surface area contributed by atoms with Gasteiger partial charge in [-0.2, -0.15) is 11.3 Å². The summed E-state index contributed by atoms with van der Waals surface area (Å²) in [5, 5.41) is 17.3. The fraction of sp³-hybridized carbons (Fsp3) is 0.250. The summed E-state index contributed by atoms with van der Waals surface area (Å²) in [6, 6.07) is 9.31. The Hall–Kier alpha value is -1.83. The molecule has 0 saturated carbocycles. The normalized spacial score (nSPS) is 13.8. The molecule has 1 atom stereocenters. The maximum Gasteiger partial charge on any atom is 0.257 e. The van der Waals surface area contributed by atoms with E-state index in [-0.39, 0.29) is 18.2 Å². The predicted octanol–water partition coefficient (Wildman–Crippen LogP) is 3.01. The van der Waals surface area contributed by atoms with E-state index in [9.17, 15) is 9.90 Å². The van der Waals surface area contributed by atoms with Crippen LogP contribution in [0.2, 0.25) is 0 Å². The van der Waals surface area contributed by atoms with Gasteiger partial charge in [-0.15, -0.1) is 0 Å². The van der Waals surface area contributed by atoms with E-state index >= 15 is 0 Å². The van der Waals surface area contributed by atoms with Crippen molar-refractivity contribution in [3.05, 3.63) is 46.7 Å². The van der Waals surface area contributed by atoms with Crippen molar-refractivity contribution in [3.63, 3.8) is 0 Å². The number of nitrogens with zero attached hydrogens (tertiary/aromatic N) is 1. The highest BCUT2D eigenvalue weighted by Gasteiger charge is 2.24. The molecule has 3 aromatic rings. The molecule has 0 fully saturated rings. The Bertz CT molecular complexity index is 764. The number of aromatic nitrogens is 1. The number of hydrogen-bond acceptors (Lipinski definition) is 6. The van der Waals surface area contributed by atoms with Crippen LogP contribution in [0.25, 0.3) is 11.1 Å². The topological polar surface area (TPSA) is 75.4 Å². The van der Waals surface area contributed by atoms with Crippen molar-refractivity contribution in [1.29, 1.82) is 0 Å². The third-order valence-corrected chi connectivity index (χ3v) is 4.89. The smallest absolute Gasteiger partial charge is 0.257 e. The van der Waals surface area contributed by atoms with Crippen molar-refractivity contribution in [2.45, 2.75) is 17.7 Å². The molecule has 2 heterocycles. The molecule has 23 heavy (non-hydrogen) atoms. The van der Waals surface area contributed by atoms with E-state index in [1.807, 2.05) is 41.1 Å². The number of thiophene rings is 1. The molecule has 2 N–H and O–H groups in total. The monoisotopic (exact) mass is 348 g/mol. The van der Waals surface area contributed by atoms with Crippen molar-refractivity contribution < 1.29 is 14.3 Å². The van der Waals surface area contributed by atoms with Crippen LogP contribution in [-0.2, 0) is 10.4 Å². The first kappa shape index (κ1) is 16.0. The summed E-state index contributed by atoms with van der Waals surface area (Å²) >= 11 is 2.75. The first-order valence-corrected chi connectivity index (χ1v) is 8.97. The molecule has 7 heteroatoms. The van der Waals surface area contributed by atoms with Crippen LogP contribution in [0.1, 0.15) is 12.5 Å². The number of nitrogens with one attached hydrogen (secondary N) is 1. The molecule has 0 aliphatic heterocycles. The Morgan fingerprint density at radius 1 is 1.43 bits per heavy atom. The average Bonchev–Trinajstić information content (AvgIpc) is 3.20. The number of oxazole rings is 1. The highest BCUT2D eigenvalue weighted by molar-refractivity contribution is 7.99. The van der Waals surface area contributed by atoms with Crippen LogP contribution in [0.3, 0.4) is 0 Å². The lowest BCUT2D eigenvalue weighted by Crippen LogP contribution is -2.39. The van der Waals surface area contributed by atoms with Crippen molar-refractivity contribution in [1.82, 2.24) is 10.3 Å². The molecule has 0 spiro atoms. The van der Waals surface area contributed by atoms with Crippen molar-refractivity contribution >= 4 is 40.1 Å². The summed E-state index contributed by atoms with van der Waals surface area (Å²) in [6.07, 6.45) is 0. The summed E-state index contributed by atoms with van der Waals surface area (Å²) in [7, 11) is 0. The lowest BCUT2D eigenvalue weighted by atomic mass is 9.99. The van der Waals surface area contributed by atoms with Gasteiger partial charge in [0.05, 0.1) is 12.3 Å². The number of thioether (sulfide) groups is 1. The molecule has 0 aliphatic carbocycles. The van der Waals surface area contributed by atoms with Crippen LogP contribution >= 0.6 is 23.1 Å². The van der Waals surface area contributed by atoms with Crippen molar-refractivity contribution in [2.75, 3.05) is 12.3 Å². The number of benzene rings is 1. The van der Waals surface area contributed by atoms with Gasteiger partial charge in [0.15, 0.2) is 5.58 Å². The second-order valence-electron chi connectivity index (χ2n) is 5.30. The Labute approximate surface area is 141 Å². The highest BCUT2D eigenvalue weighted by atomic mass is 32.2. The number of para-hydroxylation sites is 2. The van der Waals surface area contributed by atoms with Gasteiger partial charge < -0.3 is 14.8 Å². The van der Waals surface area contributed by atoms with Gasteiger partial charge in [0, 0.05) is 0 Å². The Kier molecular flexibility index (Phi) is 4.70. The van der Waals surface area contributed by atoms with E-state index in [2.05, 4.69) is 10.3 Å². The second kappa shape index (κ2) is 6.74. The lowest BCUT2D eigenvalue weighted by molar-refractivity contribution is -0.119. The van der Waals surface area contributed by atoms with Crippen LogP contribution in [0.4, 0.5) is 0 Å². The van der Waals surface area contributed by atoms with Crippen LogP contribution in [0.15, 0.2) is 50.7 Å². The highest BCUT2D eigenvalue weighted by Crippen LogP contribution is 2.24. The molecule has 1 aromatic carbocycles. The van der Waals surface area contributed by atoms with Gasteiger partial charge >= 0.3 is 0 Å². The summed E-state index contributed by atoms with van der Waals surface area (Å²) in [4.78, 5) is 16.2. The summed E-state index contributed by atoms with van der Waals surface area (Å²) in [5.41, 5.74) is 1.21. The van der Waals surface area contributed by atoms with Crippen LogP contribution in [0, 0.1) is 0 Å². The molecule has 120 valence electrons. The molecule has 2 aromatic heterocycles. The predicted molar refractivity (Wildman–Crippen MR) is 91.6 cm³/mol. The zero-order chi connectivity index (χ0) is 16.3. The molecular weight excluding hydrogens is 332 g/mol. The minimum Gasteiger partial charge on any atom is -0.431 e. The number of hydrogen-bond donors (Lipinski definition) is 2. The molecule has 0 saturated heterocycles. The maximum absolute atomic E-state index is 11.9. The van der Waals surface area contributed by atoms with Gasteiger partial charge in [0.1, 0.15) is 11.1 Å². The molecule has 0 aliphatic rings. The van der Waals surface area contributed by atoms with Crippen LogP contribution < -0.4 is 5.32 Å². The Morgan fingerprint density at radius 3 is 3.00 bits per heavy atom. The minimum absolute atomic E-state index is 0.163. The quantitative estimate of drug-likeness (QED) is 0.670. The molecule has 0 bridgehead atoms. The fourth-order valence-electron chi connectivity index (χ4n) is 2.03. The number of aliphatic hydroxyl groups is 1. The Balaban J connectivity index is 1.51. The van der Waals surface area contributed by atoms with Gasteiger partial charge in [-0.25, -0.2) is 4.98 Å². The van der Waals surface area contributed by atoms with Gasteiger partial charge in [-0.3, -0.25) is 4.79 Å². The van der Waals surface area contributed by atoms with Gasteiger partial charge in [-0.05, 0) is 41.4 Å². The molecular formula is C16H16N2O3S2. The third-order valence-electron chi connectivity index (χ3n) is 3.37. The number of rotatable bonds is 6. The average molecular weight is 348 g/mol. The number of amides is 1. The van der Waals surface area contributed by atoms with Gasteiger partial charge in [0.2, 0.25) is 5.91 Å². The van der Waals surface area contributed by atoms with Crippen molar-refractivity contribution in [2.24, 2.45) is 0 Å². The van der Waals surface area contributed by atoms with Gasteiger partial charge in [0.25, 0.3) is 5.22 Å². The van der Waals surface area contributed by atoms with Crippen LogP contribution in [0.5, 0.6) is 0 Å². The Morgan fingerprint density at radius 2 is 2.26 bits per heavy atom. The van der Waals surface area contributed by atoms with E-state index in [1.165, 1.54) is 23.1 Å². The number of carbonyl (C=O) groups excluding carboxylic acids is 1. The largest absolute Gasteiger partial charge is 0.431 e. The van der Waals surface area contributed by atoms with E-state index < -0.39 is 5.60 Å². The van der Waals surface area contributed by atoms with Gasteiger partial charge in [-0.1, -0.05) is 23.9 Å². The first-order valence-electron chi connectivity index (χ1n) is 7.05. The molecule has 1 unspecified atom stereocenters. The third kappa shape index (κ3) is 3.93. The standard InChI is InChI=1S/C16H16N2O3S2/c1-16(20,11-6-7-22-8-11)10-17-14(19)9-23-15-18-12-4-2-3-5-13(12)21-15/h2-8,20H,9-10H2,1H3,(H,17,19). The summed E-state index contributed by atoms with van der Waals surface area (Å²) < 4.78 is 5.55. The summed E-state index contributed by atoms with van der Waals surface area (Å²) in [5.74, 6) is 0.0137. The zero-order valence-corrected chi connectivity index (χ0v) is 14.1. The van der Waals surface area contributed by atoms with Crippen molar-refractivity contribution in [3.8, 4) is 0 Å². The van der Waals surface area contributed by atoms with E-state index in [0.29, 0.717) is 10.8 Å². The number of fused-ring (bicyclic) bond motifs is 1. The van der Waals surface area contributed by atoms with E-state index in [1.54, 1.807) is 6.92 Å². The number of carbonyl (C=O) groups is 1. The van der Waals surface area contributed by atoms with E-state index in [4.69, 9.17) is 4.42 Å². The maximum atomic E-state index is 11.9. The lowest BCUT2D eigenvalue weighted by Gasteiger charge is -2.22. The zero-order valence-electron chi connectivity index (χ0n) is 12.5. The summed E-state index contributed by atoms with van der Waals surface area (Å²) in [6.45, 7) is 1.85. The molecule has 1 amide bonds. The second-order valence-corrected chi connectivity index (χ2v) is 7.01. The molecule has 3 rings (SSSR count). The first-order chi connectivity index (χ1) is 11.0. The molecule has 5 nitrogen and oxygen atoms in total. The van der Waals surface area contributed by atoms with E-state index in [0.717, 1.165) is 11.1 Å². The SMILES string of the molecule is CC(O)(CNC(=O)CSc1nc2ccccc2o1)c1ccsc1. The minimum atomic E-state index is -1.07. The molecule has 0 radical (unpaired) electrons. The fourth-order valence-corrected chi connectivity index (χ4v) is 3.49. The van der Waals surface area contributed by atoms with Crippen LogP contribution in [-0.4, -0.2) is 28.3 Å².